The molecule has 1 aromatic rings. The van der Waals surface area contributed by atoms with Gasteiger partial charge in [0.25, 0.3) is 0 Å². The number of ether oxygens (including phenoxy) is 3. The van der Waals surface area contributed by atoms with Crippen molar-refractivity contribution in [3.63, 3.8) is 0 Å². The summed E-state index contributed by atoms with van der Waals surface area (Å²) in [6.07, 6.45) is -0.125. The van der Waals surface area contributed by atoms with Gasteiger partial charge in [-0.25, -0.2) is 0 Å². The average Bonchev–Trinajstić information content (AvgIpc) is 2.44. The highest BCUT2D eigenvalue weighted by molar-refractivity contribution is 5.39. The number of β-amino-alcohol motifs (C(OH)–C–C–N with tert-alkyl or cyclic N) is 1. The molecule has 0 unspecified atom stereocenters. The van der Waals surface area contributed by atoms with E-state index in [4.69, 9.17) is 14.2 Å². The van der Waals surface area contributed by atoms with Gasteiger partial charge >= 0.3 is 0 Å². The number of aliphatic hydroxyl groups is 1. The van der Waals surface area contributed by atoms with Crippen molar-refractivity contribution in [3.8, 4) is 11.5 Å². The Balaban J connectivity index is 1.80. The lowest BCUT2D eigenvalue weighted by Gasteiger charge is -2.36. The average molecular weight is 295 g/mol. The second-order valence-electron chi connectivity index (χ2n) is 5.59. The standard InChI is InChI=1S/C16H25NO4/c1-12-8-17(9-13(2)21-12)10-14(18)11-20-16-7-5-4-6-15(16)19-3/h4-7,12-14,18H,8-11H2,1-3H3/t12-,13-,14+/m0/s1. The zero-order chi connectivity index (χ0) is 15.2. The van der Waals surface area contributed by atoms with Crippen molar-refractivity contribution in [2.24, 2.45) is 0 Å². The number of benzene rings is 1. The molecule has 1 aromatic carbocycles. The lowest BCUT2D eigenvalue weighted by molar-refractivity contribution is -0.0787. The molecule has 0 bridgehead atoms. The van der Waals surface area contributed by atoms with Crippen LogP contribution in [-0.2, 0) is 4.74 Å². The zero-order valence-corrected chi connectivity index (χ0v) is 13.0. The van der Waals surface area contributed by atoms with Gasteiger partial charge in [-0.05, 0) is 26.0 Å². The fraction of sp³-hybridized carbons (Fsp3) is 0.625. The Morgan fingerprint density at radius 1 is 1.24 bits per heavy atom. The molecule has 1 heterocycles. The van der Waals surface area contributed by atoms with Gasteiger partial charge in [0.15, 0.2) is 11.5 Å². The summed E-state index contributed by atoms with van der Waals surface area (Å²) in [7, 11) is 1.61. The Hall–Kier alpha value is -1.30. The summed E-state index contributed by atoms with van der Waals surface area (Å²) in [5, 5.41) is 10.2. The Bertz CT molecular complexity index is 430. The van der Waals surface area contributed by atoms with Crippen LogP contribution in [0.15, 0.2) is 24.3 Å². The summed E-state index contributed by atoms with van der Waals surface area (Å²) in [6.45, 7) is 6.64. The Labute approximate surface area is 126 Å². The van der Waals surface area contributed by atoms with Crippen molar-refractivity contribution in [2.45, 2.75) is 32.2 Å². The van der Waals surface area contributed by atoms with E-state index in [0.29, 0.717) is 18.0 Å². The molecule has 2 rings (SSSR count). The minimum absolute atomic E-state index is 0.205. The highest BCUT2D eigenvalue weighted by Gasteiger charge is 2.24. The number of aliphatic hydroxyl groups excluding tert-OH is 1. The monoisotopic (exact) mass is 295 g/mol. The minimum Gasteiger partial charge on any atom is -0.493 e. The van der Waals surface area contributed by atoms with Crippen LogP contribution in [0.2, 0.25) is 0 Å². The van der Waals surface area contributed by atoms with Crippen molar-refractivity contribution in [2.75, 3.05) is 33.4 Å². The minimum atomic E-state index is -0.535. The van der Waals surface area contributed by atoms with E-state index in [0.717, 1.165) is 13.1 Å². The highest BCUT2D eigenvalue weighted by Crippen LogP contribution is 2.25. The van der Waals surface area contributed by atoms with Crippen molar-refractivity contribution >= 4 is 0 Å². The smallest absolute Gasteiger partial charge is 0.161 e. The number of methoxy groups -OCH3 is 1. The van der Waals surface area contributed by atoms with E-state index in [9.17, 15) is 5.11 Å². The van der Waals surface area contributed by atoms with Crippen LogP contribution in [0.25, 0.3) is 0 Å². The quantitative estimate of drug-likeness (QED) is 0.863. The maximum atomic E-state index is 10.2. The molecule has 1 fully saturated rings. The first-order chi connectivity index (χ1) is 10.1. The molecule has 1 N–H and O–H groups in total. The molecule has 0 amide bonds. The van der Waals surface area contributed by atoms with Gasteiger partial charge in [0.05, 0.1) is 19.3 Å². The zero-order valence-electron chi connectivity index (χ0n) is 13.0. The lowest BCUT2D eigenvalue weighted by Crippen LogP contribution is -2.48. The van der Waals surface area contributed by atoms with Gasteiger partial charge in [-0.1, -0.05) is 12.1 Å². The van der Waals surface area contributed by atoms with E-state index in [-0.39, 0.29) is 18.8 Å². The van der Waals surface area contributed by atoms with Gasteiger partial charge in [0, 0.05) is 19.6 Å². The van der Waals surface area contributed by atoms with Crippen LogP contribution in [0, 0.1) is 0 Å². The first-order valence-electron chi connectivity index (χ1n) is 7.40. The van der Waals surface area contributed by atoms with Crippen molar-refractivity contribution in [1.29, 1.82) is 0 Å². The fourth-order valence-corrected chi connectivity index (χ4v) is 2.71. The first-order valence-corrected chi connectivity index (χ1v) is 7.40. The summed E-state index contributed by atoms with van der Waals surface area (Å²) < 4.78 is 16.6. The Morgan fingerprint density at radius 2 is 1.86 bits per heavy atom. The normalized spacial score (nSPS) is 24.6. The second-order valence-corrected chi connectivity index (χ2v) is 5.59. The van der Waals surface area contributed by atoms with E-state index >= 15 is 0 Å². The van der Waals surface area contributed by atoms with Gasteiger partial charge in [0.2, 0.25) is 0 Å². The highest BCUT2D eigenvalue weighted by atomic mass is 16.5. The van der Waals surface area contributed by atoms with Crippen molar-refractivity contribution in [3.05, 3.63) is 24.3 Å². The number of nitrogens with zero attached hydrogens (tertiary/aromatic N) is 1. The number of rotatable bonds is 6. The summed E-state index contributed by atoms with van der Waals surface area (Å²) in [5.74, 6) is 1.33. The van der Waals surface area contributed by atoms with E-state index in [1.54, 1.807) is 7.11 Å². The number of para-hydroxylation sites is 2. The number of hydrogen-bond acceptors (Lipinski definition) is 5. The molecule has 5 heteroatoms. The molecular formula is C16H25NO4. The first kappa shape index (κ1) is 16.1. The third-order valence-corrected chi connectivity index (χ3v) is 3.46. The van der Waals surface area contributed by atoms with E-state index in [1.807, 2.05) is 24.3 Å². The van der Waals surface area contributed by atoms with E-state index in [1.165, 1.54) is 0 Å². The predicted octanol–water partition coefficient (Wildman–Crippen LogP) is 1.54. The summed E-state index contributed by atoms with van der Waals surface area (Å²) in [6, 6.07) is 7.45. The Kier molecular flexibility index (Phi) is 5.85. The van der Waals surface area contributed by atoms with Gasteiger partial charge < -0.3 is 19.3 Å². The van der Waals surface area contributed by atoms with E-state index in [2.05, 4.69) is 18.7 Å². The number of hydrogen-bond donors (Lipinski definition) is 1. The molecular weight excluding hydrogens is 270 g/mol. The summed E-state index contributed by atoms with van der Waals surface area (Å²) >= 11 is 0. The largest absolute Gasteiger partial charge is 0.493 e. The maximum absolute atomic E-state index is 10.2. The van der Waals surface area contributed by atoms with Crippen LogP contribution < -0.4 is 9.47 Å². The topological polar surface area (TPSA) is 51.2 Å². The van der Waals surface area contributed by atoms with Crippen molar-refractivity contribution < 1.29 is 19.3 Å². The van der Waals surface area contributed by atoms with Crippen molar-refractivity contribution in [1.82, 2.24) is 4.90 Å². The number of morpholine rings is 1. The third kappa shape index (κ3) is 4.88. The van der Waals surface area contributed by atoms with Gasteiger partial charge in [-0.15, -0.1) is 0 Å². The predicted molar refractivity (Wildman–Crippen MR) is 80.9 cm³/mol. The molecule has 0 saturated carbocycles. The van der Waals surface area contributed by atoms with Crippen LogP contribution in [0.1, 0.15) is 13.8 Å². The molecule has 1 saturated heterocycles. The molecule has 0 radical (unpaired) electrons. The maximum Gasteiger partial charge on any atom is 0.161 e. The lowest BCUT2D eigenvalue weighted by atomic mass is 10.2. The van der Waals surface area contributed by atoms with Gasteiger partial charge in [-0.3, -0.25) is 4.90 Å². The van der Waals surface area contributed by atoms with Gasteiger partial charge in [0.1, 0.15) is 12.7 Å². The van der Waals surface area contributed by atoms with Crippen LogP contribution >= 0.6 is 0 Å². The summed E-state index contributed by atoms with van der Waals surface area (Å²) in [4.78, 5) is 2.22. The fourth-order valence-electron chi connectivity index (χ4n) is 2.71. The Morgan fingerprint density at radius 3 is 2.48 bits per heavy atom. The molecule has 0 aromatic heterocycles. The molecule has 1 aliphatic heterocycles. The molecule has 1 aliphatic rings. The van der Waals surface area contributed by atoms with Crippen LogP contribution in [-0.4, -0.2) is 61.7 Å². The molecule has 3 atom stereocenters. The third-order valence-electron chi connectivity index (χ3n) is 3.46. The summed E-state index contributed by atoms with van der Waals surface area (Å²) in [5.41, 5.74) is 0. The van der Waals surface area contributed by atoms with Crippen LogP contribution in [0.3, 0.4) is 0 Å². The van der Waals surface area contributed by atoms with Gasteiger partial charge in [-0.2, -0.15) is 0 Å². The SMILES string of the molecule is COc1ccccc1OC[C@H](O)CN1C[C@H](C)O[C@@H](C)C1. The van der Waals surface area contributed by atoms with E-state index < -0.39 is 6.10 Å². The molecule has 118 valence electrons. The molecule has 21 heavy (non-hydrogen) atoms. The van der Waals surface area contributed by atoms with Crippen LogP contribution in [0.4, 0.5) is 0 Å². The molecule has 0 spiro atoms. The van der Waals surface area contributed by atoms with Crippen LogP contribution in [0.5, 0.6) is 11.5 Å². The molecule has 0 aliphatic carbocycles. The molecule has 5 nitrogen and oxygen atoms in total. The second kappa shape index (κ2) is 7.64.